The van der Waals surface area contributed by atoms with Crippen molar-refractivity contribution in [1.29, 1.82) is 0 Å². The number of hydrogen-bond donors (Lipinski definition) is 1. The predicted octanol–water partition coefficient (Wildman–Crippen LogP) is 2.77. The van der Waals surface area contributed by atoms with Crippen LogP contribution in [0.1, 0.15) is 13.3 Å². The normalized spacial score (nSPS) is 23.6. The van der Waals surface area contributed by atoms with Gasteiger partial charge in [0.1, 0.15) is 4.90 Å². The lowest BCUT2D eigenvalue weighted by molar-refractivity contribution is 0.349. The zero-order valence-electron chi connectivity index (χ0n) is 11.0. The van der Waals surface area contributed by atoms with Crippen molar-refractivity contribution >= 4 is 45.6 Å². The van der Waals surface area contributed by atoms with E-state index in [0.717, 1.165) is 6.42 Å². The van der Waals surface area contributed by atoms with Crippen LogP contribution >= 0.6 is 35.6 Å². The van der Waals surface area contributed by atoms with Gasteiger partial charge in [-0.15, -0.1) is 12.4 Å². The van der Waals surface area contributed by atoms with Crippen molar-refractivity contribution in [2.45, 2.75) is 18.2 Å². The lowest BCUT2D eigenvalue weighted by Gasteiger charge is -2.23. The number of benzene rings is 1. The second kappa shape index (κ2) is 6.38. The van der Waals surface area contributed by atoms with Crippen molar-refractivity contribution in [3.05, 3.63) is 28.2 Å². The standard InChI is InChI=1S/C12H16Cl2N2O2S.ClH/c1-12(7-15)5-6-16(8-12)19(17,18)11-9(13)3-2-4-10(11)14;/h2-4H,5-8,15H2,1H3;1H. The highest BCUT2D eigenvalue weighted by molar-refractivity contribution is 7.89. The molecule has 1 aliphatic heterocycles. The molecular formula is C12H17Cl3N2O2S. The number of halogens is 3. The van der Waals surface area contributed by atoms with Crippen molar-refractivity contribution in [1.82, 2.24) is 4.31 Å². The van der Waals surface area contributed by atoms with Crippen molar-refractivity contribution in [2.24, 2.45) is 11.1 Å². The molecule has 1 aromatic rings. The van der Waals surface area contributed by atoms with Crippen LogP contribution in [0.25, 0.3) is 0 Å². The summed E-state index contributed by atoms with van der Waals surface area (Å²) in [5, 5.41) is 0.294. The zero-order chi connectivity index (χ0) is 14.3. The van der Waals surface area contributed by atoms with Gasteiger partial charge < -0.3 is 5.73 Å². The molecule has 0 saturated carbocycles. The first-order chi connectivity index (χ1) is 8.80. The Hall–Kier alpha value is -0.0400. The summed E-state index contributed by atoms with van der Waals surface area (Å²) < 4.78 is 26.6. The highest BCUT2D eigenvalue weighted by Gasteiger charge is 2.40. The number of rotatable bonds is 3. The molecule has 0 bridgehead atoms. The molecule has 2 N–H and O–H groups in total. The van der Waals surface area contributed by atoms with Gasteiger partial charge in [0.2, 0.25) is 10.0 Å². The second-order valence-electron chi connectivity index (χ2n) is 5.15. The van der Waals surface area contributed by atoms with Crippen molar-refractivity contribution < 1.29 is 8.42 Å². The molecule has 1 aliphatic rings. The Morgan fingerprint density at radius 2 is 1.90 bits per heavy atom. The number of hydrogen-bond acceptors (Lipinski definition) is 3. The van der Waals surface area contributed by atoms with E-state index in [1.54, 1.807) is 6.07 Å². The molecule has 1 aromatic carbocycles. The third-order valence-electron chi connectivity index (χ3n) is 3.53. The van der Waals surface area contributed by atoms with Gasteiger partial charge in [-0.1, -0.05) is 36.2 Å². The molecule has 8 heteroatoms. The molecule has 1 atom stereocenters. The molecule has 0 amide bonds. The fourth-order valence-electron chi connectivity index (χ4n) is 2.21. The summed E-state index contributed by atoms with van der Waals surface area (Å²) in [5.41, 5.74) is 5.52. The van der Waals surface area contributed by atoms with Gasteiger partial charge in [0.05, 0.1) is 10.0 Å². The van der Waals surface area contributed by atoms with E-state index in [2.05, 4.69) is 0 Å². The van der Waals surface area contributed by atoms with E-state index in [1.165, 1.54) is 16.4 Å². The van der Waals surface area contributed by atoms with Gasteiger partial charge in [-0.2, -0.15) is 4.31 Å². The molecule has 0 aliphatic carbocycles. The summed E-state index contributed by atoms with van der Waals surface area (Å²) in [7, 11) is -3.67. The Kier molecular flexibility index (Phi) is 5.75. The van der Waals surface area contributed by atoms with Gasteiger partial charge in [0, 0.05) is 13.1 Å². The van der Waals surface area contributed by atoms with E-state index in [0.29, 0.717) is 19.6 Å². The Labute approximate surface area is 135 Å². The average molecular weight is 360 g/mol. The largest absolute Gasteiger partial charge is 0.330 e. The van der Waals surface area contributed by atoms with Gasteiger partial charge >= 0.3 is 0 Å². The van der Waals surface area contributed by atoms with Crippen molar-refractivity contribution in [3.8, 4) is 0 Å². The zero-order valence-corrected chi connectivity index (χ0v) is 14.1. The molecule has 1 unspecified atom stereocenters. The van der Waals surface area contributed by atoms with Crippen LogP contribution in [0.3, 0.4) is 0 Å². The number of nitrogens with zero attached hydrogens (tertiary/aromatic N) is 1. The summed E-state index contributed by atoms with van der Waals surface area (Å²) in [5.74, 6) is 0. The van der Waals surface area contributed by atoms with E-state index in [9.17, 15) is 8.42 Å². The van der Waals surface area contributed by atoms with Crippen molar-refractivity contribution in [3.63, 3.8) is 0 Å². The van der Waals surface area contributed by atoms with Gasteiger partial charge in [0.25, 0.3) is 0 Å². The number of sulfonamides is 1. The Bertz CT molecular complexity index is 574. The molecular weight excluding hydrogens is 343 g/mol. The quantitative estimate of drug-likeness (QED) is 0.902. The van der Waals surface area contributed by atoms with Crippen LogP contribution < -0.4 is 5.73 Å². The third kappa shape index (κ3) is 3.24. The number of nitrogens with two attached hydrogens (primary N) is 1. The van der Waals surface area contributed by atoms with E-state index < -0.39 is 10.0 Å². The maximum Gasteiger partial charge on any atom is 0.246 e. The molecule has 4 nitrogen and oxygen atoms in total. The van der Waals surface area contributed by atoms with Crippen LogP contribution in [0.4, 0.5) is 0 Å². The predicted molar refractivity (Wildman–Crippen MR) is 84.2 cm³/mol. The minimum absolute atomic E-state index is 0. The molecule has 0 spiro atoms. The van der Waals surface area contributed by atoms with Crippen LogP contribution in [0, 0.1) is 5.41 Å². The van der Waals surface area contributed by atoms with Gasteiger partial charge in [0.15, 0.2) is 0 Å². The molecule has 0 radical (unpaired) electrons. The second-order valence-corrected chi connectivity index (χ2v) is 7.84. The summed E-state index contributed by atoms with van der Waals surface area (Å²) in [6, 6.07) is 4.68. The molecule has 114 valence electrons. The van der Waals surface area contributed by atoms with Gasteiger partial charge in [-0.05, 0) is 30.5 Å². The topological polar surface area (TPSA) is 63.4 Å². The molecule has 2 rings (SSSR count). The summed E-state index contributed by atoms with van der Waals surface area (Å²) in [6.07, 6.45) is 0.741. The minimum atomic E-state index is -3.67. The first-order valence-electron chi connectivity index (χ1n) is 5.94. The maximum atomic E-state index is 12.6. The van der Waals surface area contributed by atoms with E-state index in [1.807, 2.05) is 6.92 Å². The smallest absolute Gasteiger partial charge is 0.246 e. The highest BCUT2D eigenvalue weighted by atomic mass is 35.5. The lowest BCUT2D eigenvalue weighted by Crippen LogP contribution is -2.34. The molecule has 0 aromatic heterocycles. The fourth-order valence-corrected chi connectivity index (χ4v) is 4.89. The monoisotopic (exact) mass is 358 g/mol. The molecule has 1 fully saturated rings. The van der Waals surface area contributed by atoms with E-state index in [-0.39, 0.29) is 32.8 Å². The van der Waals surface area contributed by atoms with Crippen LogP contribution in [-0.4, -0.2) is 32.4 Å². The van der Waals surface area contributed by atoms with Crippen LogP contribution in [-0.2, 0) is 10.0 Å². The van der Waals surface area contributed by atoms with Crippen LogP contribution in [0.2, 0.25) is 10.0 Å². The first kappa shape index (κ1) is 18.0. The summed E-state index contributed by atoms with van der Waals surface area (Å²) in [6.45, 7) is 3.27. The van der Waals surface area contributed by atoms with Crippen molar-refractivity contribution in [2.75, 3.05) is 19.6 Å². The Morgan fingerprint density at radius 1 is 1.35 bits per heavy atom. The average Bonchev–Trinajstić information content (AvgIpc) is 2.73. The van der Waals surface area contributed by atoms with E-state index >= 15 is 0 Å². The molecule has 1 saturated heterocycles. The highest BCUT2D eigenvalue weighted by Crippen LogP contribution is 2.37. The third-order valence-corrected chi connectivity index (χ3v) is 6.33. The van der Waals surface area contributed by atoms with Crippen LogP contribution in [0.5, 0.6) is 0 Å². The van der Waals surface area contributed by atoms with Crippen LogP contribution in [0.15, 0.2) is 23.1 Å². The fraction of sp³-hybridized carbons (Fsp3) is 0.500. The minimum Gasteiger partial charge on any atom is -0.330 e. The Morgan fingerprint density at radius 3 is 2.35 bits per heavy atom. The lowest BCUT2D eigenvalue weighted by atomic mass is 9.90. The summed E-state index contributed by atoms with van der Waals surface area (Å²) >= 11 is 12.0. The first-order valence-corrected chi connectivity index (χ1v) is 8.14. The Balaban J connectivity index is 0.00000200. The van der Waals surface area contributed by atoms with E-state index in [4.69, 9.17) is 28.9 Å². The summed E-state index contributed by atoms with van der Waals surface area (Å²) in [4.78, 5) is -0.0143. The SMILES string of the molecule is CC1(CN)CCN(S(=O)(=O)c2c(Cl)cccc2Cl)C1.Cl. The molecule has 20 heavy (non-hydrogen) atoms. The maximum absolute atomic E-state index is 12.6. The van der Waals surface area contributed by atoms with Gasteiger partial charge in [-0.25, -0.2) is 8.42 Å². The van der Waals surface area contributed by atoms with Gasteiger partial charge in [-0.3, -0.25) is 0 Å². The molecule has 1 heterocycles.